The van der Waals surface area contributed by atoms with Crippen LogP contribution in [0.15, 0.2) is 48.5 Å². The first-order valence-electron chi connectivity index (χ1n) is 7.56. The number of benzene rings is 2. The van der Waals surface area contributed by atoms with Crippen molar-refractivity contribution in [3.8, 4) is 0 Å². The highest BCUT2D eigenvalue weighted by molar-refractivity contribution is 5.94. The molecule has 0 radical (unpaired) electrons. The second kappa shape index (κ2) is 6.46. The van der Waals surface area contributed by atoms with Crippen molar-refractivity contribution in [1.82, 2.24) is 9.80 Å². The highest BCUT2D eigenvalue weighted by atomic mass is 19.2. The van der Waals surface area contributed by atoms with Crippen molar-refractivity contribution in [2.24, 2.45) is 0 Å². The van der Waals surface area contributed by atoms with Gasteiger partial charge in [-0.3, -0.25) is 4.79 Å². The maximum absolute atomic E-state index is 13.4. The number of carbonyl (C=O) groups is 1. The van der Waals surface area contributed by atoms with Gasteiger partial charge in [0.25, 0.3) is 5.91 Å². The first kappa shape index (κ1) is 15.6. The average molecular weight is 316 g/mol. The van der Waals surface area contributed by atoms with Gasteiger partial charge in [-0.1, -0.05) is 30.3 Å². The van der Waals surface area contributed by atoms with Crippen molar-refractivity contribution in [3.05, 3.63) is 71.3 Å². The number of piperazine rings is 1. The minimum atomic E-state index is -0.999. The summed E-state index contributed by atoms with van der Waals surface area (Å²) >= 11 is 0. The third kappa shape index (κ3) is 3.24. The smallest absolute Gasteiger partial charge is 0.254 e. The molecule has 0 aliphatic carbocycles. The molecule has 0 saturated carbocycles. The molecule has 0 spiro atoms. The Morgan fingerprint density at radius 3 is 2.48 bits per heavy atom. The van der Waals surface area contributed by atoms with E-state index in [1.54, 1.807) is 4.90 Å². The summed E-state index contributed by atoms with van der Waals surface area (Å²) in [5.41, 5.74) is 1.21. The van der Waals surface area contributed by atoms with Crippen LogP contribution >= 0.6 is 0 Å². The molecule has 1 aliphatic rings. The lowest BCUT2D eigenvalue weighted by molar-refractivity contribution is 0.0497. The Bertz CT molecular complexity index is 705. The molecule has 3 rings (SSSR count). The second-order valence-electron chi connectivity index (χ2n) is 5.82. The fourth-order valence-electron chi connectivity index (χ4n) is 2.92. The largest absolute Gasteiger partial charge is 0.329 e. The summed E-state index contributed by atoms with van der Waals surface area (Å²) in [5, 5.41) is 0. The quantitative estimate of drug-likeness (QED) is 0.850. The van der Waals surface area contributed by atoms with Crippen LogP contribution in [0.1, 0.15) is 22.0 Å². The predicted octanol–water partition coefficient (Wildman–Crippen LogP) is 3.09. The topological polar surface area (TPSA) is 23.6 Å². The molecule has 2 aromatic rings. The van der Waals surface area contributed by atoms with Crippen molar-refractivity contribution in [3.63, 3.8) is 0 Å². The van der Waals surface area contributed by atoms with Gasteiger partial charge in [-0.05, 0) is 30.8 Å². The van der Waals surface area contributed by atoms with Crippen LogP contribution in [-0.4, -0.2) is 42.4 Å². The summed E-state index contributed by atoms with van der Waals surface area (Å²) in [6, 6.07) is 13.0. The lowest BCUT2D eigenvalue weighted by Crippen LogP contribution is -2.49. The minimum absolute atomic E-state index is 0.101. The summed E-state index contributed by atoms with van der Waals surface area (Å²) in [6.45, 7) is 2.01. The van der Waals surface area contributed by atoms with Gasteiger partial charge in [-0.15, -0.1) is 0 Å². The van der Waals surface area contributed by atoms with E-state index in [0.717, 1.165) is 24.2 Å². The molecule has 0 N–H and O–H groups in total. The van der Waals surface area contributed by atoms with Crippen LogP contribution in [0.3, 0.4) is 0 Å². The molecule has 1 atom stereocenters. The van der Waals surface area contributed by atoms with Crippen LogP contribution in [0.2, 0.25) is 0 Å². The number of carbonyl (C=O) groups excluding carboxylic acids is 1. The molecular formula is C18H18F2N2O. The fraction of sp³-hybridized carbons (Fsp3) is 0.278. The zero-order chi connectivity index (χ0) is 16.4. The molecule has 1 aliphatic heterocycles. The molecule has 1 heterocycles. The van der Waals surface area contributed by atoms with E-state index < -0.39 is 11.6 Å². The Morgan fingerprint density at radius 2 is 1.78 bits per heavy atom. The van der Waals surface area contributed by atoms with Gasteiger partial charge in [0.15, 0.2) is 11.6 Å². The normalized spacial score (nSPS) is 18.9. The molecular weight excluding hydrogens is 298 g/mol. The zero-order valence-corrected chi connectivity index (χ0v) is 12.9. The summed E-state index contributed by atoms with van der Waals surface area (Å²) in [6.07, 6.45) is 0. The number of rotatable bonds is 2. The summed E-state index contributed by atoms with van der Waals surface area (Å²) < 4.78 is 26.5. The van der Waals surface area contributed by atoms with Crippen LogP contribution in [0.4, 0.5) is 8.78 Å². The van der Waals surface area contributed by atoms with E-state index in [2.05, 4.69) is 4.90 Å². The van der Waals surface area contributed by atoms with Crippen LogP contribution in [0.5, 0.6) is 0 Å². The lowest BCUT2D eigenvalue weighted by Gasteiger charge is -2.40. The Kier molecular flexibility index (Phi) is 4.39. The van der Waals surface area contributed by atoms with Crippen LogP contribution in [0.25, 0.3) is 0 Å². The van der Waals surface area contributed by atoms with Gasteiger partial charge in [-0.2, -0.15) is 0 Å². The first-order chi connectivity index (χ1) is 11.1. The number of hydrogen-bond donors (Lipinski definition) is 0. The van der Waals surface area contributed by atoms with Gasteiger partial charge in [0, 0.05) is 25.2 Å². The molecule has 120 valence electrons. The third-order valence-electron chi connectivity index (χ3n) is 4.20. The Labute approximate surface area is 134 Å². The monoisotopic (exact) mass is 316 g/mol. The molecule has 1 saturated heterocycles. The van der Waals surface area contributed by atoms with Crippen LogP contribution < -0.4 is 0 Å². The van der Waals surface area contributed by atoms with Gasteiger partial charge in [0.2, 0.25) is 0 Å². The maximum Gasteiger partial charge on any atom is 0.254 e. The van der Waals surface area contributed by atoms with Gasteiger partial charge in [0.1, 0.15) is 0 Å². The predicted molar refractivity (Wildman–Crippen MR) is 84.1 cm³/mol. The number of hydrogen-bond acceptors (Lipinski definition) is 2. The Balaban J connectivity index is 1.91. The van der Waals surface area contributed by atoms with Gasteiger partial charge in [-0.25, -0.2) is 8.78 Å². The summed E-state index contributed by atoms with van der Waals surface area (Å²) in [4.78, 5) is 16.7. The lowest BCUT2D eigenvalue weighted by atomic mass is 10.0. The molecule has 0 aromatic heterocycles. The van der Waals surface area contributed by atoms with E-state index in [1.165, 1.54) is 6.07 Å². The first-order valence-corrected chi connectivity index (χ1v) is 7.56. The molecule has 0 unspecified atom stereocenters. The van der Waals surface area contributed by atoms with Gasteiger partial charge in [0.05, 0.1) is 6.04 Å². The molecule has 1 amide bonds. The number of halogens is 2. The van der Waals surface area contributed by atoms with Gasteiger partial charge < -0.3 is 9.80 Å². The van der Waals surface area contributed by atoms with E-state index in [0.29, 0.717) is 13.1 Å². The van der Waals surface area contributed by atoms with E-state index in [9.17, 15) is 13.6 Å². The van der Waals surface area contributed by atoms with Crippen molar-refractivity contribution < 1.29 is 13.6 Å². The number of nitrogens with zero attached hydrogens (tertiary/aromatic N) is 2. The SMILES string of the molecule is CN1CCN(C(=O)c2ccc(F)c(F)c2)[C@@H](c2ccccc2)C1. The van der Waals surface area contributed by atoms with E-state index >= 15 is 0 Å². The Morgan fingerprint density at radius 1 is 1.04 bits per heavy atom. The van der Waals surface area contributed by atoms with E-state index in [4.69, 9.17) is 0 Å². The van der Waals surface area contributed by atoms with Crippen LogP contribution in [-0.2, 0) is 0 Å². The molecule has 0 bridgehead atoms. The summed E-state index contributed by atoms with van der Waals surface area (Å²) in [7, 11) is 2.01. The third-order valence-corrected chi connectivity index (χ3v) is 4.20. The molecule has 23 heavy (non-hydrogen) atoms. The average Bonchev–Trinajstić information content (AvgIpc) is 2.57. The minimum Gasteiger partial charge on any atom is -0.329 e. The zero-order valence-electron chi connectivity index (χ0n) is 12.9. The van der Waals surface area contributed by atoms with Crippen molar-refractivity contribution in [2.75, 3.05) is 26.7 Å². The van der Waals surface area contributed by atoms with E-state index in [-0.39, 0.29) is 17.5 Å². The van der Waals surface area contributed by atoms with Gasteiger partial charge >= 0.3 is 0 Å². The highest BCUT2D eigenvalue weighted by Gasteiger charge is 2.31. The summed E-state index contributed by atoms with van der Waals surface area (Å²) in [5.74, 6) is -2.22. The number of amides is 1. The van der Waals surface area contributed by atoms with Crippen molar-refractivity contribution in [1.29, 1.82) is 0 Å². The number of likely N-dealkylation sites (N-methyl/N-ethyl adjacent to an activating group) is 1. The molecule has 5 heteroatoms. The second-order valence-corrected chi connectivity index (χ2v) is 5.82. The van der Waals surface area contributed by atoms with Crippen molar-refractivity contribution in [2.45, 2.75) is 6.04 Å². The van der Waals surface area contributed by atoms with Crippen molar-refractivity contribution >= 4 is 5.91 Å². The van der Waals surface area contributed by atoms with E-state index in [1.807, 2.05) is 37.4 Å². The van der Waals surface area contributed by atoms with Crippen LogP contribution in [0, 0.1) is 11.6 Å². The Hall–Kier alpha value is -2.27. The highest BCUT2D eigenvalue weighted by Crippen LogP contribution is 2.26. The molecule has 3 nitrogen and oxygen atoms in total. The standard InChI is InChI=1S/C18H18F2N2O/c1-21-9-10-22(17(12-21)13-5-3-2-4-6-13)18(23)14-7-8-15(19)16(20)11-14/h2-8,11,17H,9-10,12H2,1H3/t17-/m1/s1. The maximum atomic E-state index is 13.4. The molecule has 2 aromatic carbocycles. The fourth-order valence-corrected chi connectivity index (χ4v) is 2.92. The molecule has 1 fully saturated rings.